The van der Waals surface area contributed by atoms with Crippen molar-refractivity contribution >= 4 is 15.8 Å². The first-order valence-electron chi connectivity index (χ1n) is 5.77. The Morgan fingerprint density at radius 1 is 1.44 bits per heavy atom. The number of nitrogens with two attached hydrogens (primary N) is 1. The zero-order valence-electron chi connectivity index (χ0n) is 10.9. The Kier molecular flexibility index (Phi) is 5.06. The number of hydrogen-bond acceptors (Lipinski definition) is 5. The van der Waals surface area contributed by atoms with E-state index in [9.17, 15) is 8.42 Å². The van der Waals surface area contributed by atoms with Crippen molar-refractivity contribution in [1.29, 1.82) is 0 Å². The second-order valence-electron chi connectivity index (χ2n) is 4.53. The van der Waals surface area contributed by atoms with Gasteiger partial charge >= 0.3 is 0 Å². The second kappa shape index (κ2) is 6.12. The van der Waals surface area contributed by atoms with Crippen LogP contribution in [0.1, 0.15) is 20.3 Å². The first-order valence-corrected chi connectivity index (χ1v) is 7.21. The van der Waals surface area contributed by atoms with E-state index in [1.807, 2.05) is 0 Å². The van der Waals surface area contributed by atoms with E-state index < -0.39 is 10.0 Å². The predicted octanol–water partition coefficient (Wildman–Crippen LogP) is 1.03. The standard InChI is InChI=1S/C11H20N4O2S/c1-9(2)6-7-15(3)18(16,17)10-4-5-11(14-12)13-8-10/h4-5,8-9H,6-7,12H2,1-3H3,(H,13,14). The van der Waals surface area contributed by atoms with Gasteiger partial charge in [0, 0.05) is 19.8 Å². The van der Waals surface area contributed by atoms with E-state index in [1.54, 1.807) is 7.05 Å². The molecule has 0 atom stereocenters. The normalized spacial score (nSPS) is 12.1. The highest BCUT2D eigenvalue weighted by molar-refractivity contribution is 7.89. The first kappa shape index (κ1) is 14.9. The molecule has 7 heteroatoms. The maximum Gasteiger partial charge on any atom is 0.244 e. The highest BCUT2D eigenvalue weighted by Crippen LogP contribution is 2.15. The molecule has 0 radical (unpaired) electrons. The van der Waals surface area contributed by atoms with Crippen LogP contribution in [0, 0.1) is 5.92 Å². The molecule has 1 aromatic rings. The number of aromatic nitrogens is 1. The number of nitrogens with one attached hydrogen (secondary N) is 1. The van der Waals surface area contributed by atoms with Gasteiger partial charge in [0.15, 0.2) is 0 Å². The largest absolute Gasteiger partial charge is 0.308 e. The summed E-state index contributed by atoms with van der Waals surface area (Å²) in [6.07, 6.45) is 2.13. The molecule has 1 rings (SSSR count). The Morgan fingerprint density at radius 3 is 2.56 bits per heavy atom. The molecule has 0 aliphatic rings. The molecule has 6 nitrogen and oxygen atoms in total. The number of nitrogen functional groups attached to an aromatic ring is 1. The lowest BCUT2D eigenvalue weighted by Crippen LogP contribution is -2.28. The van der Waals surface area contributed by atoms with E-state index >= 15 is 0 Å². The van der Waals surface area contributed by atoms with Gasteiger partial charge in [0.1, 0.15) is 10.7 Å². The molecule has 0 unspecified atom stereocenters. The number of rotatable bonds is 6. The molecule has 0 saturated carbocycles. The van der Waals surface area contributed by atoms with E-state index in [0.29, 0.717) is 18.3 Å². The number of sulfonamides is 1. The van der Waals surface area contributed by atoms with Gasteiger partial charge in [0.05, 0.1) is 0 Å². The molecule has 102 valence electrons. The molecule has 1 heterocycles. The molecule has 0 fully saturated rings. The zero-order chi connectivity index (χ0) is 13.8. The van der Waals surface area contributed by atoms with Crippen LogP contribution in [0.25, 0.3) is 0 Å². The third kappa shape index (κ3) is 3.66. The summed E-state index contributed by atoms with van der Waals surface area (Å²) in [5, 5.41) is 0. The Balaban J connectivity index is 2.84. The van der Waals surface area contributed by atoms with E-state index in [2.05, 4.69) is 24.3 Å². The van der Waals surface area contributed by atoms with Crippen LogP contribution < -0.4 is 11.3 Å². The van der Waals surface area contributed by atoms with Gasteiger partial charge in [-0.25, -0.2) is 23.5 Å². The molecule has 0 bridgehead atoms. The monoisotopic (exact) mass is 272 g/mol. The van der Waals surface area contributed by atoms with Crippen LogP contribution in [0.4, 0.5) is 5.82 Å². The fourth-order valence-electron chi connectivity index (χ4n) is 1.36. The van der Waals surface area contributed by atoms with Gasteiger partial charge in [-0.1, -0.05) is 13.8 Å². The Morgan fingerprint density at radius 2 is 2.11 bits per heavy atom. The maximum atomic E-state index is 12.2. The highest BCUT2D eigenvalue weighted by Gasteiger charge is 2.20. The third-order valence-corrected chi connectivity index (χ3v) is 4.45. The average Bonchev–Trinajstić information content (AvgIpc) is 2.35. The van der Waals surface area contributed by atoms with Gasteiger partial charge in [-0.3, -0.25) is 0 Å². The number of pyridine rings is 1. The molecule has 1 aromatic heterocycles. The minimum absolute atomic E-state index is 0.174. The fourth-order valence-corrected chi connectivity index (χ4v) is 2.49. The van der Waals surface area contributed by atoms with Gasteiger partial charge in [-0.2, -0.15) is 0 Å². The summed E-state index contributed by atoms with van der Waals surface area (Å²) in [6.45, 7) is 4.62. The fraction of sp³-hybridized carbons (Fsp3) is 0.545. The van der Waals surface area contributed by atoms with Gasteiger partial charge < -0.3 is 5.43 Å². The smallest absolute Gasteiger partial charge is 0.244 e. The van der Waals surface area contributed by atoms with Crippen LogP contribution in [0.3, 0.4) is 0 Å². The molecule has 3 N–H and O–H groups in total. The van der Waals surface area contributed by atoms with E-state index in [0.717, 1.165) is 6.42 Å². The summed E-state index contributed by atoms with van der Waals surface area (Å²) in [4.78, 5) is 4.07. The Labute approximate surface area is 108 Å². The number of hydrazine groups is 1. The molecule has 0 saturated heterocycles. The Hall–Kier alpha value is -1.18. The van der Waals surface area contributed by atoms with Crippen molar-refractivity contribution in [3.63, 3.8) is 0 Å². The van der Waals surface area contributed by atoms with Crippen LogP contribution in [-0.2, 0) is 10.0 Å². The van der Waals surface area contributed by atoms with Crippen molar-refractivity contribution in [1.82, 2.24) is 9.29 Å². The zero-order valence-corrected chi connectivity index (χ0v) is 11.7. The molecule has 18 heavy (non-hydrogen) atoms. The van der Waals surface area contributed by atoms with Crippen molar-refractivity contribution in [3.8, 4) is 0 Å². The van der Waals surface area contributed by atoms with Crippen LogP contribution >= 0.6 is 0 Å². The molecule has 0 aromatic carbocycles. The summed E-state index contributed by atoms with van der Waals surface area (Å²) in [5.74, 6) is 6.07. The minimum atomic E-state index is -3.46. The summed E-state index contributed by atoms with van der Waals surface area (Å²) >= 11 is 0. The van der Waals surface area contributed by atoms with Gasteiger partial charge in [0.25, 0.3) is 0 Å². The molecule has 0 aliphatic heterocycles. The number of nitrogens with zero attached hydrogens (tertiary/aromatic N) is 2. The lowest BCUT2D eigenvalue weighted by Gasteiger charge is -2.18. The third-order valence-electron chi connectivity index (χ3n) is 2.61. The maximum absolute atomic E-state index is 12.2. The van der Waals surface area contributed by atoms with Crippen LogP contribution in [0.2, 0.25) is 0 Å². The molecular formula is C11H20N4O2S. The molecule has 0 amide bonds. The van der Waals surface area contributed by atoms with E-state index in [-0.39, 0.29) is 4.90 Å². The first-order chi connectivity index (χ1) is 8.37. The topological polar surface area (TPSA) is 88.3 Å². The number of hydrogen-bond donors (Lipinski definition) is 2. The van der Waals surface area contributed by atoms with Crippen LogP contribution in [-0.4, -0.2) is 31.3 Å². The van der Waals surface area contributed by atoms with Crippen molar-refractivity contribution < 1.29 is 8.42 Å². The van der Waals surface area contributed by atoms with E-state index in [4.69, 9.17) is 5.84 Å². The quantitative estimate of drug-likeness (QED) is 0.596. The van der Waals surface area contributed by atoms with Crippen molar-refractivity contribution in [2.24, 2.45) is 11.8 Å². The highest BCUT2D eigenvalue weighted by atomic mass is 32.2. The van der Waals surface area contributed by atoms with Crippen LogP contribution in [0.5, 0.6) is 0 Å². The summed E-state index contributed by atoms with van der Waals surface area (Å²) in [6, 6.07) is 3.02. The van der Waals surface area contributed by atoms with Crippen molar-refractivity contribution in [2.75, 3.05) is 19.0 Å². The van der Waals surface area contributed by atoms with E-state index in [1.165, 1.54) is 22.6 Å². The summed E-state index contributed by atoms with van der Waals surface area (Å²) in [7, 11) is -1.88. The predicted molar refractivity (Wildman–Crippen MR) is 71.3 cm³/mol. The van der Waals surface area contributed by atoms with Crippen LogP contribution in [0.15, 0.2) is 23.2 Å². The molecule has 0 aliphatic carbocycles. The summed E-state index contributed by atoms with van der Waals surface area (Å²) < 4.78 is 25.7. The average molecular weight is 272 g/mol. The lowest BCUT2D eigenvalue weighted by molar-refractivity contribution is 0.428. The van der Waals surface area contributed by atoms with Gasteiger partial charge in [0.2, 0.25) is 10.0 Å². The SMILES string of the molecule is CC(C)CCN(C)S(=O)(=O)c1ccc(NN)nc1. The van der Waals surface area contributed by atoms with Crippen molar-refractivity contribution in [2.45, 2.75) is 25.2 Å². The molecular weight excluding hydrogens is 252 g/mol. The van der Waals surface area contributed by atoms with Crippen molar-refractivity contribution in [3.05, 3.63) is 18.3 Å². The van der Waals surface area contributed by atoms with Gasteiger partial charge in [-0.05, 0) is 24.5 Å². The number of anilines is 1. The Bertz CT molecular complexity index is 470. The second-order valence-corrected chi connectivity index (χ2v) is 6.58. The minimum Gasteiger partial charge on any atom is -0.308 e. The summed E-state index contributed by atoms with van der Waals surface area (Å²) in [5.41, 5.74) is 2.36. The molecule has 0 spiro atoms. The van der Waals surface area contributed by atoms with Gasteiger partial charge in [-0.15, -0.1) is 0 Å². The lowest BCUT2D eigenvalue weighted by atomic mass is 10.1.